The Bertz CT molecular complexity index is 1200. The average molecular weight is 419 g/mol. The van der Waals surface area contributed by atoms with Crippen molar-refractivity contribution in [2.24, 2.45) is 11.8 Å². The van der Waals surface area contributed by atoms with Crippen LogP contribution in [0.4, 0.5) is 0 Å². The van der Waals surface area contributed by atoms with E-state index in [2.05, 4.69) is 5.32 Å². The first-order valence-electron chi connectivity index (χ1n) is 8.94. The molecule has 0 unspecified atom stereocenters. The Balaban J connectivity index is 1.49. The van der Waals surface area contributed by atoms with Gasteiger partial charge < -0.3 is 9.73 Å². The van der Waals surface area contributed by atoms with Crippen LogP contribution in [0.1, 0.15) is 26.5 Å². The van der Waals surface area contributed by atoms with Gasteiger partial charge in [-0.1, -0.05) is 54.4 Å². The molecule has 2 aliphatic carbocycles. The summed E-state index contributed by atoms with van der Waals surface area (Å²) in [5.74, 6) is -0.173. The SMILES string of the molecule is O=C1NC(=S)S/C1=C/c1ccc(-c2ccc3c(c2)C(=O)[C@@H]2C=CC=C[C@@H]2C3=O)o1. The molecule has 0 saturated carbocycles. The van der Waals surface area contributed by atoms with E-state index in [0.717, 1.165) is 0 Å². The van der Waals surface area contributed by atoms with Crippen molar-refractivity contribution in [3.05, 3.63) is 76.4 Å². The van der Waals surface area contributed by atoms with Crippen LogP contribution < -0.4 is 5.32 Å². The molecule has 0 bridgehead atoms. The normalized spacial score (nSPS) is 24.1. The van der Waals surface area contributed by atoms with Gasteiger partial charge in [-0.15, -0.1) is 0 Å². The molecule has 142 valence electrons. The first kappa shape index (κ1) is 18.0. The van der Waals surface area contributed by atoms with E-state index in [0.29, 0.717) is 37.4 Å². The zero-order chi connectivity index (χ0) is 20.1. The third-order valence-electron chi connectivity index (χ3n) is 5.12. The molecule has 7 heteroatoms. The van der Waals surface area contributed by atoms with Gasteiger partial charge in [0.1, 0.15) is 15.8 Å². The molecule has 1 aromatic carbocycles. The average Bonchev–Trinajstić information content (AvgIpc) is 3.32. The summed E-state index contributed by atoms with van der Waals surface area (Å²) in [6.45, 7) is 0. The fourth-order valence-corrected chi connectivity index (χ4v) is 4.74. The third kappa shape index (κ3) is 3.03. The van der Waals surface area contributed by atoms with Gasteiger partial charge in [-0.05, 0) is 24.3 Å². The summed E-state index contributed by atoms with van der Waals surface area (Å²) >= 11 is 6.16. The second kappa shape index (κ2) is 6.79. The van der Waals surface area contributed by atoms with Crippen LogP contribution in [0.5, 0.6) is 0 Å². The number of benzene rings is 1. The molecule has 1 N–H and O–H groups in total. The number of thiocarbonyl (C=S) groups is 1. The molecule has 1 fully saturated rings. The molecular weight excluding hydrogens is 406 g/mol. The molecule has 0 radical (unpaired) electrons. The zero-order valence-electron chi connectivity index (χ0n) is 14.9. The summed E-state index contributed by atoms with van der Waals surface area (Å²) in [6.07, 6.45) is 8.81. The highest BCUT2D eigenvalue weighted by atomic mass is 32.2. The fourth-order valence-electron chi connectivity index (χ4n) is 3.72. The van der Waals surface area contributed by atoms with Crippen LogP contribution >= 0.6 is 24.0 Å². The number of carbonyl (C=O) groups excluding carboxylic acids is 3. The smallest absolute Gasteiger partial charge is 0.263 e. The first-order valence-corrected chi connectivity index (χ1v) is 10.2. The highest BCUT2D eigenvalue weighted by Crippen LogP contribution is 2.36. The Morgan fingerprint density at radius 3 is 2.38 bits per heavy atom. The molecule has 1 aliphatic heterocycles. The van der Waals surface area contributed by atoms with E-state index in [-0.39, 0.29) is 17.5 Å². The Kier molecular flexibility index (Phi) is 4.22. The van der Waals surface area contributed by atoms with E-state index in [1.165, 1.54) is 11.8 Å². The van der Waals surface area contributed by atoms with Gasteiger partial charge in [-0.2, -0.15) is 0 Å². The lowest BCUT2D eigenvalue weighted by Gasteiger charge is -2.28. The predicted octanol–water partition coefficient (Wildman–Crippen LogP) is 4.17. The molecule has 5 rings (SSSR count). The molecule has 2 aromatic rings. The zero-order valence-corrected chi connectivity index (χ0v) is 16.5. The lowest BCUT2D eigenvalue weighted by Crippen LogP contribution is -2.35. The van der Waals surface area contributed by atoms with Gasteiger partial charge in [-0.3, -0.25) is 14.4 Å². The predicted molar refractivity (Wildman–Crippen MR) is 114 cm³/mol. The maximum absolute atomic E-state index is 12.9. The van der Waals surface area contributed by atoms with E-state index in [4.69, 9.17) is 16.6 Å². The molecule has 1 amide bonds. The van der Waals surface area contributed by atoms with Gasteiger partial charge in [0.2, 0.25) is 0 Å². The van der Waals surface area contributed by atoms with Crippen LogP contribution in [-0.2, 0) is 4.79 Å². The Hall–Kier alpha value is -3.03. The minimum Gasteiger partial charge on any atom is -0.457 e. The monoisotopic (exact) mass is 419 g/mol. The van der Waals surface area contributed by atoms with Crippen LogP contribution in [0.15, 0.2) is 64.0 Å². The van der Waals surface area contributed by atoms with E-state index in [1.807, 2.05) is 0 Å². The fraction of sp³-hybridized carbons (Fsp3) is 0.0909. The summed E-state index contributed by atoms with van der Waals surface area (Å²) in [5, 5.41) is 2.56. The molecule has 0 spiro atoms. The van der Waals surface area contributed by atoms with Crippen molar-refractivity contribution in [2.45, 2.75) is 0 Å². The lowest BCUT2D eigenvalue weighted by molar-refractivity contribution is -0.115. The summed E-state index contributed by atoms with van der Waals surface area (Å²) in [5.41, 5.74) is 1.56. The van der Waals surface area contributed by atoms with Crippen LogP contribution in [0.25, 0.3) is 17.4 Å². The number of hydrogen-bond acceptors (Lipinski definition) is 6. The van der Waals surface area contributed by atoms with Gasteiger partial charge in [0.05, 0.1) is 16.7 Å². The van der Waals surface area contributed by atoms with E-state index < -0.39 is 11.8 Å². The van der Waals surface area contributed by atoms with Crippen molar-refractivity contribution in [3.8, 4) is 11.3 Å². The maximum atomic E-state index is 12.9. The minimum atomic E-state index is -0.450. The Labute approximate surface area is 175 Å². The Morgan fingerprint density at radius 2 is 1.69 bits per heavy atom. The highest BCUT2D eigenvalue weighted by molar-refractivity contribution is 8.26. The quantitative estimate of drug-likeness (QED) is 0.582. The summed E-state index contributed by atoms with van der Waals surface area (Å²) in [7, 11) is 0. The van der Waals surface area contributed by atoms with Crippen molar-refractivity contribution < 1.29 is 18.8 Å². The molecule has 1 saturated heterocycles. The number of hydrogen-bond donors (Lipinski definition) is 1. The van der Waals surface area contributed by atoms with Crippen molar-refractivity contribution in [1.82, 2.24) is 5.32 Å². The maximum Gasteiger partial charge on any atom is 0.263 e. The number of carbonyl (C=O) groups is 3. The third-order valence-corrected chi connectivity index (χ3v) is 6.28. The number of furan rings is 1. The van der Waals surface area contributed by atoms with E-state index in [9.17, 15) is 14.4 Å². The molecule has 29 heavy (non-hydrogen) atoms. The van der Waals surface area contributed by atoms with Crippen molar-refractivity contribution in [1.29, 1.82) is 0 Å². The summed E-state index contributed by atoms with van der Waals surface area (Å²) in [6, 6.07) is 8.68. The summed E-state index contributed by atoms with van der Waals surface area (Å²) in [4.78, 5) is 38.0. The number of amides is 1. The van der Waals surface area contributed by atoms with Gasteiger partial charge in [-0.25, -0.2) is 0 Å². The van der Waals surface area contributed by atoms with Crippen LogP contribution in [0, 0.1) is 11.8 Å². The standard InChI is InChI=1S/C22H13NO4S2/c24-19-13-3-1-2-4-14(13)20(25)16-9-11(5-7-15(16)19)17-8-6-12(27-17)10-18-21(26)23-22(28)29-18/h1-10,13-14H,(H,23,26,28)/b18-10+/t13-,14+/m0/s1. The molecule has 2 heterocycles. The first-order chi connectivity index (χ1) is 14.0. The van der Waals surface area contributed by atoms with Gasteiger partial charge >= 0.3 is 0 Å². The van der Waals surface area contributed by atoms with Crippen LogP contribution in [-0.4, -0.2) is 21.8 Å². The van der Waals surface area contributed by atoms with Gasteiger partial charge in [0.15, 0.2) is 11.6 Å². The molecule has 2 atom stereocenters. The highest BCUT2D eigenvalue weighted by Gasteiger charge is 2.39. The minimum absolute atomic E-state index is 0.0399. The topological polar surface area (TPSA) is 76.4 Å². The van der Waals surface area contributed by atoms with Crippen LogP contribution in [0.3, 0.4) is 0 Å². The molecule has 3 aliphatic rings. The number of rotatable bonds is 2. The van der Waals surface area contributed by atoms with Crippen molar-refractivity contribution in [2.75, 3.05) is 0 Å². The molecular formula is C22H13NO4S2. The number of ketones is 2. The summed E-state index contributed by atoms with van der Waals surface area (Å²) < 4.78 is 6.25. The van der Waals surface area contributed by atoms with E-state index in [1.54, 1.807) is 60.7 Å². The number of nitrogens with one attached hydrogen (secondary N) is 1. The molecule has 1 aromatic heterocycles. The van der Waals surface area contributed by atoms with E-state index >= 15 is 0 Å². The number of allylic oxidation sites excluding steroid dienone is 4. The molecule has 5 nitrogen and oxygen atoms in total. The van der Waals surface area contributed by atoms with Crippen LogP contribution in [0.2, 0.25) is 0 Å². The lowest BCUT2D eigenvalue weighted by atomic mass is 9.72. The van der Waals surface area contributed by atoms with Crippen molar-refractivity contribution in [3.63, 3.8) is 0 Å². The Morgan fingerprint density at radius 1 is 0.966 bits per heavy atom. The second-order valence-corrected chi connectivity index (χ2v) is 8.58. The number of Topliss-reactive ketones (excluding diaryl/α,β-unsaturated/α-hetero) is 2. The van der Waals surface area contributed by atoms with Gasteiger partial charge in [0.25, 0.3) is 5.91 Å². The second-order valence-electron chi connectivity index (χ2n) is 6.86. The van der Waals surface area contributed by atoms with Gasteiger partial charge in [0, 0.05) is 22.8 Å². The largest absolute Gasteiger partial charge is 0.457 e. The number of fused-ring (bicyclic) bond motifs is 2. The van der Waals surface area contributed by atoms with Crippen molar-refractivity contribution >= 4 is 51.8 Å². The number of thioether (sulfide) groups is 1.